The zero-order chi connectivity index (χ0) is 14.5. The Kier molecular flexibility index (Phi) is 4.50. The molecule has 0 amide bonds. The normalized spacial score (nSPS) is 12.1. The van der Waals surface area contributed by atoms with Gasteiger partial charge in [-0.15, -0.1) is 0 Å². The van der Waals surface area contributed by atoms with E-state index in [0.29, 0.717) is 29.1 Å². The van der Waals surface area contributed by atoms with E-state index in [4.69, 9.17) is 10.6 Å². The molecule has 0 saturated carbocycles. The molecular weight excluding hydrogens is 257 g/mol. The molecule has 20 heavy (non-hydrogen) atoms. The summed E-state index contributed by atoms with van der Waals surface area (Å²) in [5, 5.41) is 4.34. The molecule has 0 radical (unpaired) electrons. The highest BCUT2D eigenvalue weighted by Gasteiger charge is 2.07. The number of benzene rings is 1. The Balaban J connectivity index is 2.13. The lowest BCUT2D eigenvalue weighted by Gasteiger charge is -2.07. The van der Waals surface area contributed by atoms with E-state index in [9.17, 15) is 4.39 Å². The molecule has 106 valence electrons. The third kappa shape index (κ3) is 3.44. The number of nitrogens with zero attached hydrogens (tertiary/aromatic N) is 2. The Morgan fingerprint density at radius 3 is 2.95 bits per heavy atom. The van der Waals surface area contributed by atoms with Crippen molar-refractivity contribution >= 4 is 16.7 Å². The molecule has 5 heteroatoms. The quantitative estimate of drug-likeness (QED) is 0.518. The largest absolute Gasteiger partial charge is 0.389 e. The fraction of sp³-hybridized carbons (Fsp3) is 0.333. The molecule has 2 rings (SSSR count). The molecule has 2 aromatic rings. The summed E-state index contributed by atoms with van der Waals surface area (Å²) >= 11 is 0. The van der Waals surface area contributed by atoms with Crippen molar-refractivity contribution in [2.75, 3.05) is 0 Å². The Bertz CT molecular complexity index is 626. The highest BCUT2D eigenvalue weighted by molar-refractivity contribution is 5.82. The Morgan fingerprint density at radius 2 is 2.20 bits per heavy atom. The number of fused-ring (bicyclic) bond motifs is 1. The minimum absolute atomic E-state index is 0.215. The molecule has 0 atom stereocenters. The van der Waals surface area contributed by atoms with Crippen molar-refractivity contribution in [2.24, 2.45) is 16.8 Å². The van der Waals surface area contributed by atoms with Crippen LogP contribution in [-0.2, 0) is 11.4 Å². The van der Waals surface area contributed by atoms with E-state index in [1.165, 1.54) is 6.07 Å². The van der Waals surface area contributed by atoms with Crippen molar-refractivity contribution in [2.45, 2.75) is 26.9 Å². The van der Waals surface area contributed by atoms with E-state index in [1.807, 2.05) is 0 Å². The van der Waals surface area contributed by atoms with Crippen LogP contribution in [0, 0.1) is 11.7 Å². The van der Waals surface area contributed by atoms with Crippen molar-refractivity contribution in [3.05, 3.63) is 41.8 Å². The van der Waals surface area contributed by atoms with Crippen LogP contribution in [0.5, 0.6) is 0 Å². The van der Waals surface area contributed by atoms with Crippen LogP contribution in [0.1, 0.15) is 25.8 Å². The molecule has 1 heterocycles. The summed E-state index contributed by atoms with van der Waals surface area (Å²) in [6.07, 6.45) is 2.31. The summed E-state index contributed by atoms with van der Waals surface area (Å²) in [5.41, 5.74) is 7.09. The number of amidine groups is 1. The smallest absolute Gasteiger partial charge is 0.144 e. The number of halogens is 1. The van der Waals surface area contributed by atoms with Gasteiger partial charge >= 0.3 is 0 Å². The standard InChI is InChI=1S/C15H18FN3O/c1-10(2)8-14(17)19-20-9-11-5-6-13(16)12-4-3-7-18-15(11)12/h3-7,10H,8-9H2,1-2H3,(H2,17,19). The molecule has 1 aromatic carbocycles. The molecular formula is C15H18FN3O. The molecule has 0 bridgehead atoms. The first-order valence-corrected chi connectivity index (χ1v) is 6.54. The number of hydrogen-bond acceptors (Lipinski definition) is 3. The summed E-state index contributed by atoms with van der Waals surface area (Å²) < 4.78 is 13.6. The zero-order valence-electron chi connectivity index (χ0n) is 11.6. The lowest BCUT2D eigenvalue weighted by atomic mass is 10.1. The van der Waals surface area contributed by atoms with Gasteiger partial charge in [0.2, 0.25) is 0 Å². The average Bonchev–Trinajstić information content (AvgIpc) is 2.41. The fourth-order valence-corrected chi connectivity index (χ4v) is 1.95. The maximum atomic E-state index is 13.6. The maximum absolute atomic E-state index is 13.6. The van der Waals surface area contributed by atoms with Gasteiger partial charge in [0, 0.05) is 23.6 Å². The Labute approximate surface area is 117 Å². The van der Waals surface area contributed by atoms with E-state index in [-0.39, 0.29) is 12.4 Å². The number of pyridine rings is 1. The van der Waals surface area contributed by atoms with Gasteiger partial charge in [-0.3, -0.25) is 4.98 Å². The molecule has 0 spiro atoms. The van der Waals surface area contributed by atoms with Crippen LogP contribution in [0.3, 0.4) is 0 Å². The summed E-state index contributed by atoms with van der Waals surface area (Å²) in [5.74, 6) is 0.592. The summed E-state index contributed by atoms with van der Waals surface area (Å²) in [4.78, 5) is 9.42. The third-order valence-corrected chi connectivity index (χ3v) is 2.82. The van der Waals surface area contributed by atoms with Gasteiger partial charge < -0.3 is 10.6 Å². The molecule has 1 aromatic heterocycles. The summed E-state index contributed by atoms with van der Waals surface area (Å²) in [7, 11) is 0. The predicted molar refractivity (Wildman–Crippen MR) is 77.6 cm³/mol. The van der Waals surface area contributed by atoms with Crippen LogP contribution in [0.2, 0.25) is 0 Å². The van der Waals surface area contributed by atoms with Crippen molar-refractivity contribution in [1.29, 1.82) is 0 Å². The van der Waals surface area contributed by atoms with E-state index in [2.05, 4.69) is 24.0 Å². The van der Waals surface area contributed by atoms with E-state index in [0.717, 1.165) is 5.56 Å². The third-order valence-electron chi connectivity index (χ3n) is 2.82. The number of aromatic nitrogens is 1. The SMILES string of the molecule is CC(C)CC(N)=NOCc1ccc(F)c2cccnc12. The first-order chi connectivity index (χ1) is 9.58. The molecule has 0 aliphatic rings. The van der Waals surface area contributed by atoms with Gasteiger partial charge in [-0.25, -0.2) is 4.39 Å². The van der Waals surface area contributed by atoms with E-state index < -0.39 is 0 Å². The Hall–Kier alpha value is -2.17. The van der Waals surface area contributed by atoms with Crippen molar-refractivity contribution in [3.63, 3.8) is 0 Å². The average molecular weight is 275 g/mol. The summed E-state index contributed by atoms with van der Waals surface area (Å²) in [6, 6.07) is 6.45. The van der Waals surface area contributed by atoms with Crippen molar-refractivity contribution in [1.82, 2.24) is 4.98 Å². The van der Waals surface area contributed by atoms with Gasteiger partial charge in [0.05, 0.1) is 5.52 Å². The molecule has 0 unspecified atom stereocenters. The molecule has 0 aliphatic carbocycles. The second-order valence-electron chi connectivity index (χ2n) is 5.06. The fourth-order valence-electron chi connectivity index (χ4n) is 1.95. The first kappa shape index (κ1) is 14.2. The minimum Gasteiger partial charge on any atom is -0.389 e. The van der Waals surface area contributed by atoms with Gasteiger partial charge in [0.1, 0.15) is 18.3 Å². The van der Waals surface area contributed by atoms with Crippen LogP contribution in [-0.4, -0.2) is 10.8 Å². The monoisotopic (exact) mass is 275 g/mol. The molecule has 4 nitrogen and oxygen atoms in total. The lowest BCUT2D eigenvalue weighted by Crippen LogP contribution is -2.14. The zero-order valence-corrected chi connectivity index (χ0v) is 11.6. The lowest BCUT2D eigenvalue weighted by molar-refractivity contribution is 0.130. The number of hydrogen-bond donors (Lipinski definition) is 1. The van der Waals surface area contributed by atoms with Crippen LogP contribution in [0.25, 0.3) is 10.9 Å². The van der Waals surface area contributed by atoms with Crippen molar-refractivity contribution in [3.8, 4) is 0 Å². The predicted octanol–water partition coefficient (Wildman–Crippen LogP) is 3.21. The molecule has 0 aliphatic heterocycles. The number of nitrogens with two attached hydrogens (primary N) is 1. The maximum Gasteiger partial charge on any atom is 0.144 e. The summed E-state index contributed by atoms with van der Waals surface area (Å²) in [6.45, 7) is 4.33. The van der Waals surface area contributed by atoms with Crippen LogP contribution >= 0.6 is 0 Å². The first-order valence-electron chi connectivity index (χ1n) is 6.54. The van der Waals surface area contributed by atoms with Crippen LogP contribution in [0.4, 0.5) is 4.39 Å². The van der Waals surface area contributed by atoms with E-state index in [1.54, 1.807) is 24.4 Å². The second-order valence-corrected chi connectivity index (χ2v) is 5.06. The van der Waals surface area contributed by atoms with Crippen molar-refractivity contribution < 1.29 is 9.23 Å². The molecule has 0 fully saturated rings. The van der Waals surface area contributed by atoms with Gasteiger partial charge in [-0.2, -0.15) is 0 Å². The topological polar surface area (TPSA) is 60.5 Å². The minimum atomic E-state index is -0.292. The van der Waals surface area contributed by atoms with Gasteiger partial charge in [0.15, 0.2) is 0 Å². The number of rotatable bonds is 5. The number of oxime groups is 1. The van der Waals surface area contributed by atoms with Crippen LogP contribution < -0.4 is 5.73 Å². The second kappa shape index (κ2) is 6.32. The van der Waals surface area contributed by atoms with Crippen LogP contribution in [0.15, 0.2) is 35.6 Å². The van der Waals surface area contributed by atoms with Gasteiger partial charge in [-0.05, 0) is 24.1 Å². The Morgan fingerprint density at radius 1 is 1.40 bits per heavy atom. The highest BCUT2D eigenvalue weighted by atomic mass is 19.1. The van der Waals surface area contributed by atoms with Gasteiger partial charge in [-0.1, -0.05) is 25.1 Å². The molecule has 0 saturated heterocycles. The highest BCUT2D eigenvalue weighted by Crippen LogP contribution is 2.20. The van der Waals surface area contributed by atoms with E-state index >= 15 is 0 Å². The van der Waals surface area contributed by atoms with Gasteiger partial charge in [0.25, 0.3) is 0 Å². The molecule has 2 N–H and O–H groups in total.